The van der Waals surface area contributed by atoms with E-state index >= 15 is 0 Å². The molecule has 1 atom stereocenters. The first kappa shape index (κ1) is 14.9. The Labute approximate surface area is 118 Å². The smallest absolute Gasteiger partial charge is 0.277 e. The van der Waals surface area contributed by atoms with Gasteiger partial charge >= 0.3 is 0 Å². The van der Waals surface area contributed by atoms with Crippen LogP contribution in [-0.4, -0.2) is 49.7 Å². The van der Waals surface area contributed by atoms with E-state index < -0.39 is 16.3 Å². The number of nitrogens with zero attached hydrogens (tertiary/aromatic N) is 2. The summed E-state index contributed by atoms with van der Waals surface area (Å²) in [6, 6.07) is 8.36. The lowest BCUT2D eigenvalue weighted by molar-refractivity contribution is -0.133. The van der Waals surface area contributed by atoms with E-state index in [0.29, 0.717) is 13.1 Å². The highest BCUT2D eigenvalue weighted by atomic mass is 32.2. The maximum atomic E-state index is 12.3. The van der Waals surface area contributed by atoms with Crippen molar-refractivity contribution in [1.29, 1.82) is 0 Å². The molecule has 1 unspecified atom stereocenters. The summed E-state index contributed by atoms with van der Waals surface area (Å²) in [6.45, 7) is 1.00. The van der Waals surface area contributed by atoms with Crippen molar-refractivity contribution in [3.8, 4) is 0 Å². The quantitative estimate of drug-likeness (QED) is 0.748. The molecular weight excluding hydrogens is 280 g/mol. The van der Waals surface area contributed by atoms with Crippen LogP contribution in [0.3, 0.4) is 0 Å². The normalized spacial score (nSPS) is 18.8. The van der Waals surface area contributed by atoms with Crippen LogP contribution in [0.15, 0.2) is 30.3 Å². The second kappa shape index (κ2) is 5.88. The monoisotopic (exact) mass is 298 g/mol. The maximum Gasteiger partial charge on any atom is 0.277 e. The molecule has 0 radical (unpaired) electrons. The van der Waals surface area contributed by atoms with Crippen LogP contribution in [0.1, 0.15) is 11.6 Å². The van der Waals surface area contributed by atoms with Gasteiger partial charge in [0.1, 0.15) is 6.04 Å². The second-order valence-corrected chi connectivity index (χ2v) is 6.20. The van der Waals surface area contributed by atoms with E-state index in [0.717, 1.165) is 9.87 Å². The number of nitrogens with two attached hydrogens (primary N) is 2. The predicted molar refractivity (Wildman–Crippen MR) is 74.6 cm³/mol. The predicted octanol–water partition coefficient (Wildman–Crippen LogP) is -0.966. The maximum absolute atomic E-state index is 12.3. The molecule has 1 heterocycles. The molecule has 0 spiro atoms. The summed E-state index contributed by atoms with van der Waals surface area (Å²) in [5.74, 6) is -0.203. The Kier molecular flexibility index (Phi) is 4.39. The van der Waals surface area contributed by atoms with Crippen LogP contribution >= 0.6 is 0 Å². The first-order chi connectivity index (χ1) is 9.39. The van der Waals surface area contributed by atoms with Gasteiger partial charge in [0.2, 0.25) is 5.91 Å². The van der Waals surface area contributed by atoms with Gasteiger partial charge in [0.05, 0.1) is 0 Å². The molecule has 1 aliphatic heterocycles. The van der Waals surface area contributed by atoms with E-state index in [-0.39, 0.29) is 19.0 Å². The molecular formula is C12H18N4O3S. The Bertz CT molecular complexity index is 568. The van der Waals surface area contributed by atoms with E-state index in [4.69, 9.17) is 10.9 Å². The van der Waals surface area contributed by atoms with Crippen LogP contribution in [0, 0.1) is 0 Å². The average Bonchev–Trinajstić information content (AvgIpc) is 2.46. The highest BCUT2D eigenvalue weighted by Gasteiger charge is 2.29. The Morgan fingerprint density at radius 3 is 2.15 bits per heavy atom. The summed E-state index contributed by atoms with van der Waals surface area (Å²) in [5, 5.41) is 5.05. The van der Waals surface area contributed by atoms with Gasteiger partial charge < -0.3 is 10.6 Å². The fourth-order valence-electron chi connectivity index (χ4n) is 2.16. The van der Waals surface area contributed by atoms with Crippen LogP contribution in [-0.2, 0) is 15.0 Å². The van der Waals surface area contributed by atoms with E-state index in [9.17, 15) is 13.2 Å². The zero-order valence-corrected chi connectivity index (χ0v) is 11.8. The van der Waals surface area contributed by atoms with Gasteiger partial charge in [-0.15, -0.1) is 0 Å². The summed E-state index contributed by atoms with van der Waals surface area (Å²) >= 11 is 0. The van der Waals surface area contributed by atoms with Crippen molar-refractivity contribution in [2.24, 2.45) is 10.9 Å². The average molecular weight is 298 g/mol. The van der Waals surface area contributed by atoms with Gasteiger partial charge in [-0.05, 0) is 5.56 Å². The molecule has 1 saturated heterocycles. The Morgan fingerprint density at radius 2 is 1.65 bits per heavy atom. The summed E-state index contributed by atoms with van der Waals surface area (Å²) < 4.78 is 23.5. The lowest BCUT2D eigenvalue weighted by Gasteiger charge is -2.34. The van der Waals surface area contributed by atoms with Gasteiger partial charge in [-0.2, -0.15) is 12.7 Å². The Balaban J connectivity index is 1.99. The van der Waals surface area contributed by atoms with Crippen LogP contribution in [0.2, 0.25) is 0 Å². The van der Waals surface area contributed by atoms with Gasteiger partial charge in [0, 0.05) is 26.2 Å². The molecule has 1 aromatic carbocycles. The van der Waals surface area contributed by atoms with Crippen LogP contribution < -0.4 is 10.9 Å². The zero-order valence-electron chi connectivity index (χ0n) is 11.0. The lowest BCUT2D eigenvalue weighted by atomic mass is 10.1. The minimum atomic E-state index is -3.68. The third kappa shape index (κ3) is 3.34. The number of carbonyl (C=O) groups is 1. The third-order valence-corrected chi connectivity index (χ3v) is 4.42. The fraction of sp³-hybridized carbons (Fsp3) is 0.417. The molecule has 1 aromatic rings. The Morgan fingerprint density at radius 1 is 1.10 bits per heavy atom. The number of carbonyl (C=O) groups excluding carboxylic acids is 1. The van der Waals surface area contributed by atoms with Crippen molar-refractivity contribution in [2.75, 3.05) is 26.2 Å². The van der Waals surface area contributed by atoms with Gasteiger partial charge in [-0.25, -0.2) is 5.14 Å². The summed E-state index contributed by atoms with van der Waals surface area (Å²) in [5.41, 5.74) is 6.68. The van der Waals surface area contributed by atoms with Crippen molar-refractivity contribution in [1.82, 2.24) is 9.21 Å². The summed E-state index contributed by atoms with van der Waals surface area (Å²) in [4.78, 5) is 13.8. The molecule has 110 valence electrons. The SMILES string of the molecule is NC(C(=O)N1CCN(S(N)(=O)=O)CC1)c1ccccc1. The molecule has 1 amide bonds. The molecule has 0 aliphatic carbocycles. The number of piperazine rings is 1. The van der Waals surface area contributed by atoms with Gasteiger partial charge in [-0.1, -0.05) is 30.3 Å². The fourth-order valence-corrected chi connectivity index (χ4v) is 2.83. The molecule has 7 nitrogen and oxygen atoms in total. The molecule has 8 heteroatoms. The zero-order chi connectivity index (χ0) is 14.8. The Hall–Kier alpha value is -1.48. The number of amides is 1. The standard InChI is InChI=1S/C12H18N4O3S/c13-11(10-4-2-1-3-5-10)12(17)15-6-8-16(9-7-15)20(14,18)19/h1-5,11H,6-9,13H2,(H2,14,18,19). The first-order valence-electron chi connectivity index (χ1n) is 6.27. The highest BCUT2D eigenvalue weighted by molar-refractivity contribution is 7.86. The van der Waals surface area contributed by atoms with Gasteiger partial charge in [0.15, 0.2) is 0 Å². The summed E-state index contributed by atoms with van der Waals surface area (Å²) in [7, 11) is -3.68. The van der Waals surface area contributed by atoms with E-state index in [1.165, 1.54) is 0 Å². The van der Waals surface area contributed by atoms with Crippen molar-refractivity contribution in [2.45, 2.75) is 6.04 Å². The summed E-state index contributed by atoms with van der Waals surface area (Å²) in [6.07, 6.45) is 0. The number of benzene rings is 1. The minimum absolute atomic E-state index is 0.200. The van der Waals surface area contributed by atoms with Crippen LogP contribution in [0.25, 0.3) is 0 Å². The number of hydrogen-bond donors (Lipinski definition) is 2. The molecule has 0 aromatic heterocycles. The lowest BCUT2D eigenvalue weighted by Crippen LogP contribution is -2.53. The van der Waals surface area contributed by atoms with Crippen molar-refractivity contribution >= 4 is 16.1 Å². The molecule has 0 saturated carbocycles. The van der Waals surface area contributed by atoms with E-state index in [1.54, 1.807) is 17.0 Å². The van der Waals surface area contributed by atoms with Crippen LogP contribution in [0.5, 0.6) is 0 Å². The molecule has 2 rings (SSSR count). The van der Waals surface area contributed by atoms with Crippen LogP contribution in [0.4, 0.5) is 0 Å². The van der Waals surface area contributed by atoms with Gasteiger partial charge in [0.25, 0.3) is 10.2 Å². The van der Waals surface area contributed by atoms with E-state index in [1.807, 2.05) is 18.2 Å². The molecule has 0 bridgehead atoms. The minimum Gasteiger partial charge on any atom is -0.338 e. The molecule has 1 fully saturated rings. The second-order valence-electron chi connectivity index (χ2n) is 4.66. The van der Waals surface area contributed by atoms with Crippen molar-refractivity contribution in [3.63, 3.8) is 0 Å². The van der Waals surface area contributed by atoms with Gasteiger partial charge in [-0.3, -0.25) is 4.79 Å². The highest BCUT2D eigenvalue weighted by Crippen LogP contribution is 2.14. The topological polar surface area (TPSA) is 110 Å². The first-order valence-corrected chi connectivity index (χ1v) is 7.77. The third-order valence-electron chi connectivity index (χ3n) is 3.33. The van der Waals surface area contributed by atoms with Crippen molar-refractivity contribution < 1.29 is 13.2 Å². The molecule has 4 N–H and O–H groups in total. The number of hydrogen-bond acceptors (Lipinski definition) is 4. The largest absolute Gasteiger partial charge is 0.338 e. The van der Waals surface area contributed by atoms with E-state index in [2.05, 4.69) is 0 Å². The van der Waals surface area contributed by atoms with Crippen molar-refractivity contribution in [3.05, 3.63) is 35.9 Å². The molecule has 1 aliphatic rings. The molecule has 20 heavy (non-hydrogen) atoms. The number of rotatable bonds is 3.